The summed E-state index contributed by atoms with van der Waals surface area (Å²) in [5, 5.41) is 10.1. The summed E-state index contributed by atoms with van der Waals surface area (Å²) in [7, 11) is 0. The predicted octanol–water partition coefficient (Wildman–Crippen LogP) is 13.6. The maximum atomic E-state index is 2.57. The van der Waals surface area contributed by atoms with Crippen LogP contribution in [-0.2, 0) is 0 Å². The molecular weight excluding hydrogens is 615 g/mol. The van der Waals surface area contributed by atoms with E-state index in [9.17, 15) is 0 Å². The summed E-state index contributed by atoms with van der Waals surface area (Å²) >= 11 is 0. The molecule has 1 aliphatic rings. The van der Waals surface area contributed by atoms with Crippen LogP contribution in [0.4, 0.5) is 5.69 Å². The summed E-state index contributed by atoms with van der Waals surface area (Å²) in [6.07, 6.45) is 3.37. The first-order valence-corrected chi connectivity index (χ1v) is 17.9. The van der Waals surface area contributed by atoms with E-state index in [-0.39, 0.29) is 6.04 Å². The third-order valence-electron chi connectivity index (χ3n) is 10.7. The van der Waals surface area contributed by atoms with Crippen molar-refractivity contribution in [3.8, 4) is 22.3 Å². The lowest BCUT2D eigenvalue weighted by Crippen LogP contribution is -2.22. The topological polar surface area (TPSA) is 3.24 Å². The fraction of sp³-hybridized carbons (Fsp3) is 0.0400. The zero-order chi connectivity index (χ0) is 33.7. The maximum Gasteiger partial charge on any atom is 0.0626 e. The summed E-state index contributed by atoms with van der Waals surface area (Å²) in [6.45, 7) is 0. The molecule has 0 bridgehead atoms. The van der Waals surface area contributed by atoms with E-state index >= 15 is 0 Å². The van der Waals surface area contributed by atoms with Gasteiger partial charge in [0.1, 0.15) is 0 Å². The Kier molecular flexibility index (Phi) is 7.03. The quantitative estimate of drug-likeness (QED) is 0.168. The van der Waals surface area contributed by atoms with Crippen LogP contribution in [0.1, 0.15) is 23.6 Å². The minimum atomic E-state index is 0.198. The molecule has 9 aromatic rings. The van der Waals surface area contributed by atoms with Crippen LogP contribution in [0.2, 0.25) is 0 Å². The molecule has 51 heavy (non-hydrogen) atoms. The van der Waals surface area contributed by atoms with Gasteiger partial charge in [-0.25, -0.2) is 0 Å². The van der Waals surface area contributed by atoms with E-state index in [1.807, 2.05) is 0 Å². The second-order valence-electron chi connectivity index (χ2n) is 13.6. The minimum Gasteiger partial charge on any atom is -0.333 e. The zero-order valence-electron chi connectivity index (χ0n) is 28.2. The second kappa shape index (κ2) is 12.2. The number of rotatable bonds is 5. The van der Waals surface area contributed by atoms with E-state index in [0.717, 1.165) is 6.42 Å². The van der Waals surface area contributed by atoms with Crippen LogP contribution in [0.15, 0.2) is 194 Å². The Hall–Kier alpha value is -6.44. The van der Waals surface area contributed by atoms with Gasteiger partial charge < -0.3 is 4.90 Å². The van der Waals surface area contributed by atoms with Crippen molar-refractivity contribution in [1.29, 1.82) is 0 Å². The number of nitrogens with zero attached hydrogens (tertiary/aromatic N) is 1. The average molecular weight is 650 g/mol. The number of benzene rings is 9. The number of fused-ring (bicyclic) bond motifs is 4. The molecule has 10 rings (SSSR count). The molecule has 1 heteroatoms. The Morgan fingerprint density at radius 3 is 1.51 bits per heavy atom. The fourth-order valence-corrected chi connectivity index (χ4v) is 8.37. The molecule has 0 saturated carbocycles. The van der Waals surface area contributed by atoms with Crippen LogP contribution < -0.4 is 4.90 Å². The zero-order valence-corrected chi connectivity index (χ0v) is 28.2. The Bertz CT molecular complexity index is 2780. The van der Waals surface area contributed by atoms with Crippen molar-refractivity contribution in [2.75, 3.05) is 4.90 Å². The monoisotopic (exact) mass is 649 g/mol. The minimum absolute atomic E-state index is 0.198. The number of anilines is 1. The highest BCUT2D eigenvalue weighted by atomic mass is 15.2. The molecule has 0 fully saturated rings. The Balaban J connectivity index is 1.28. The molecule has 1 heterocycles. The summed E-state index contributed by atoms with van der Waals surface area (Å²) in [5.41, 5.74) is 10.0. The van der Waals surface area contributed by atoms with Crippen molar-refractivity contribution in [1.82, 2.24) is 0 Å². The van der Waals surface area contributed by atoms with E-state index in [1.165, 1.54) is 87.9 Å². The van der Waals surface area contributed by atoms with Crippen molar-refractivity contribution < 1.29 is 0 Å². The molecule has 0 aromatic heterocycles. The normalized spacial score (nSPS) is 14.5. The average Bonchev–Trinajstić information content (AvgIpc) is 3.65. The van der Waals surface area contributed by atoms with Crippen molar-refractivity contribution in [2.45, 2.75) is 12.5 Å². The lowest BCUT2D eigenvalue weighted by molar-refractivity contribution is 0.749. The van der Waals surface area contributed by atoms with Gasteiger partial charge in [0.05, 0.1) is 6.04 Å². The molecular formula is C50H35N. The van der Waals surface area contributed by atoms with Gasteiger partial charge in [0.2, 0.25) is 0 Å². The van der Waals surface area contributed by atoms with Gasteiger partial charge in [-0.1, -0.05) is 170 Å². The van der Waals surface area contributed by atoms with Crippen LogP contribution in [0.5, 0.6) is 0 Å². The molecule has 1 unspecified atom stereocenters. The van der Waals surface area contributed by atoms with Gasteiger partial charge in [-0.15, -0.1) is 0 Å². The molecule has 0 N–H and O–H groups in total. The van der Waals surface area contributed by atoms with Crippen LogP contribution in [0.25, 0.3) is 71.0 Å². The SMILES string of the molecule is C1=C(c2ccccc2)N(c2ccc3c(-c4ccc5ccccc5c4)c4ccccc4c(-c4ccc5ccccc5c4)c3c2)C(c2ccccc2)C1. The van der Waals surface area contributed by atoms with Crippen LogP contribution in [0, 0.1) is 0 Å². The highest BCUT2D eigenvalue weighted by Gasteiger charge is 2.30. The summed E-state index contributed by atoms with van der Waals surface area (Å²) < 4.78 is 0. The third kappa shape index (κ3) is 5.01. The molecule has 0 radical (unpaired) electrons. The van der Waals surface area contributed by atoms with Crippen molar-refractivity contribution in [3.63, 3.8) is 0 Å². The Labute approximate surface area is 298 Å². The standard InChI is InChI=1S/C50H35N/c1-3-15-36(16-4-1)47-29-30-48(37-17-5-2-6-18-37)51(47)42-27-28-45-46(33-42)50(41-26-24-35-14-8-10-20-39(35)32-41)44-22-12-11-21-43(44)49(45)40-25-23-34-13-7-9-19-38(34)31-40/h1-29,31-33,48H,30H2. The number of hydrogen-bond donors (Lipinski definition) is 0. The van der Waals surface area contributed by atoms with Gasteiger partial charge in [-0.3, -0.25) is 0 Å². The Morgan fingerprint density at radius 2 is 0.882 bits per heavy atom. The first-order chi connectivity index (χ1) is 25.3. The van der Waals surface area contributed by atoms with Gasteiger partial charge in [0.15, 0.2) is 0 Å². The molecule has 0 saturated heterocycles. The van der Waals surface area contributed by atoms with Crippen LogP contribution >= 0.6 is 0 Å². The molecule has 1 nitrogen and oxygen atoms in total. The summed E-state index contributed by atoms with van der Waals surface area (Å²) in [6, 6.07) is 69.5. The smallest absolute Gasteiger partial charge is 0.0626 e. The van der Waals surface area contributed by atoms with Gasteiger partial charge in [0, 0.05) is 11.4 Å². The van der Waals surface area contributed by atoms with Gasteiger partial charge in [-0.05, 0) is 107 Å². The van der Waals surface area contributed by atoms with Crippen molar-refractivity contribution >= 4 is 54.5 Å². The first kappa shape index (κ1) is 29.5. The van der Waals surface area contributed by atoms with Crippen LogP contribution in [-0.4, -0.2) is 0 Å². The summed E-state index contributed by atoms with van der Waals surface area (Å²) in [5.74, 6) is 0. The van der Waals surface area contributed by atoms with Gasteiger partial charge in [0.25, 0.3) is 0 Å². The molecule has 9 aromatic carbocycles. The van der Waals surface area contributed by atoms with Crippen molar-refractivity contribution in [3.05, 3.63) is 205 Å². The van der Waals surface area contributed by atoms with E-state index in [1.54, 1.807) is 0 Å². The Morgan fingerprint density at radius 1 is 0.373 bits per heavy atom. The van der Waals surface area contributed by atoms with E-state index in [0.29, 0.717) is 0 Å². The molecule has 0 aliphatic carbocycles. The molecule has 0 amide bonds. The van der Waals surface area contributed by atoms with E-state index in [4.69, 9.17) is 0 Å². The lowest BCUT2D eigenvalue weighted by atomic mass is 9.85. The van der Waals surface area contributed by atoms with Crippen LogP contribution in [0.3, 0.4) is 0 Å². The van der Waals surface area contributed by atoms with Gasteiger partial charge >= 0.3 is 0 Å². The van der Waals surface area contributed by atoms with Crippen molar-refractivity contribution in [2.24, 2.45) is 0 Å². The van der Waals surface area contributed by atoms with E-state index in [2.05, 4.69) is 199 Å². The predicted molar refractivity (Wildman–Crippen MR) is 218 cm³/mol. The van der Waals surface area contributed by atoms with E-state index < -0.39 is 0 Å². The maximum absolute atomic E-state index is 2.57. The van der Waals surface area contributed by atoms with Gasteiger partial charge in [-0.2, -0.15) is 0 Å². The highest BCUT2D eigenvalue weighted by molar-refractivity contribution is 6.22. The lowest BCUT2D eigenvalue weighted by Gasteiger charge is -2.31. The molecule has 1 aliphatic heterocycles. The number of hydrogen-bond acceptors (Lipinski definition) is 1. The molecule has 0 spiro atoms. The molecule has 240 valence electrons. The summed E-state index contributed by atoms with van der Waals surface area (Å²) in [4.78, 5) is 2.57. The largest absolute Gasteiger partial charge is 0.333 e. The first-order valence-electron chi connectivity index (χ1n) is 17.9. The second-order valence-corrected chi connectivity index (χ2v) is 13.6. The third-order valence-corrected chi connectivity index (χ3v) is 10.7. The highest BCUT2D eigenvalue weighted by Crippen LogP contribution is 2.48. The fourth-order valence-electron chi connectivity index (χ4n) is 8.37. The molecule has 1 atom stereocenters.